The topological polar surface area (TPSA) is 68.3 Å². The van der Waals surface area contributed by atoms with Crippen LogP contribution >= 0.6 is 0 Å². The summed E-state index contributed by atoms with van der Waals surface area (Å²) in [7, 11) is 0. The predicted molar refractivity (Wildman–Crippen MR) is 103 cm³/mol. The second-order valence-electron chi connectivity index (χ2n) is 7.08. The van der Waals surface area contributed by atoms with Gasteiger partial charge in [0.05, 0.1) is 0 Å². The van der Waals surface area contributed by atoms with Crippen LogP contribution in [0, 0.1) is 0 Å². The summed E-state index contributed by atoms with van der Waals surface area (Å²) in [5, 5.41) is 0. The quantitative estimate of drug-likeness (QED) is 0.567. The van der Waals surface area contributed by atoms with Crippen LogP contribution in [0.3, 0.4) is 0 Å². The summed E-state index contributed by atoms with van der Waals surface area (Å²) in [4.78, 5) is 47.4. The van der Waals surface area contributed by atoms with Crippen LogP contribution in [0.1, 0.15) is 72.4 Å². The van der Waals surface area contributed by atoms with E-state index >= 15 is 0 Å². The Morgan fingerprint density at radius 3 is 1.37 bits per heavy atom. The number of ketones is 4. The van der Waals surface area contributed by atoms with E-state index in [0.717, 1.165) is 35.1 Å². The maximum Gasteiger partial charge on any atom is 0.228 e. The first kappa shape index (κ1) is 18.9. The van der Waals surface area contributed by atoms with Gasteiger partial charge < -0.3 is 0 Å². The van der Waals surface area contributed by atoms with Crippen molar-refractivity contribution in [3.8, 4) is 11.1 Å². The van der Waals surface area contributed by atoms with Crippen LogP contribution in [0.2, 0.25) is 0 Å². The van der Waals surface area contributed by atoms with Crippen LogP contribution in [-0.4, -0.2) is 23.1 Å². The Hall–Kier alpha value is -2.88. The number of hydrogen-bond donors (Lipinski definition) is 0. The Balaban J connectivity index is 2.25. The summed E-state index contributed by atoms with van der Waals surface area (Å²) in [6, 6.07) is 10.8. The van der Waals surface area contributed by atoms with Crippen LogP contribution < -0.4 is 0 Å². The molecule has 0 N–H and O–H groups in total. The highest BCUT2D eigenvalue weighted by atomic mass is 16.2. The molecule has 0 bridgehead atoms. The number of hydrogen-bond acceptors (Lipinski definition) is 4. The molecule has 1 aliphatic rings. The average molecular weight is 362 g/mol. The maximum absolute atomic E-state index is 12.2. The van der Waals surface area contributed by atoms with Crippen molar-refractivity contribution in [3.63, 3.8) is 0 Å². The summed E-state index contributed by atoms with van der Waals surface area (Å²) >= 11 is 0. The Kier molecular flexibility index (Phi) is 4.68. The lowest BCUT2D eigenvalue weighted by molar-refractivity contribution is -0.113. The van der Waals surface area contributed by atoms with Crippen LogP contribution in [0.5, 0.6) is 0 Å². The van der Waals surface area contributed by atoms with E-state index < -0.39 is 23.1 Å². The molecule has 1 aliphatic carbocycles. The minimum Gasteiger partial charge on any atom is -0.291 e. The molecule has 2 aromatic rings. The Bertz CT molecular complexity index is 916. The number of carbonyl (C=O) groups is 4. The molecule has 3 rings (SSSR count). The van der Waals surface area contributed by atoms with Gasteiger partial charge in [-0.05, 0) is 47.2 Å². The van der Waals surface area contributed by atoms with Crippen LogP contribution in [0.4, 0.5) is 0 Å². The zero-order chi connectivity index (χ0) is 19.9. The van der Waals surface area contributed by atoms with E-state index in [1.54, 1.807) is 12.1 Å². The minimum absolute atomic E-state index is 0.356. The van der Waals surface area contributed by atoms with E-state index in [0.29, 0.717) is 11.1 Å². The molecule has 0 heterocycles. The van der Waals surface area contributed by atoms with E-state index in [1.165, 1.54) is 13.8 Å². The first-order valence-corrected chi connectivity index (χ1v) is 9.16. The fraction of sp³-hybridized carbons (Fsp3) is 0.304. The molecule has 2 aromatic carbocycles. The first-order chi connectivity index (χ1) is 12.8. The van der Waals surface area contributed by atoms with Gasteiger partial charge in [-0.1, -0.05) is 38.1 Å². The number of rotatable bonds is 6. The summed E-state index contributed by atoms with van der Waals surface area (Å²) in [6.45, 7) is 6.69. The molecule has 0 saturated heterocycles. The SMILES string of the molecule is CCC1(CC)c2cc(C(=O)C(C)=O)ccc2-c2ccc(C(=O)C(C)=O)cc21. The molecular formula is C23H22O4. The monoisotopic (exact) mass is 362 g/mol. The van der Waals surface area contributed by atoms with Crippen molar-refractivity contribution < 1.29 is 19.2 Å². The fourth-order valence-electron chi connectivity index (χ4n) is 4.20. The molecule has 27 heavy (non-hydrogen) atoms. The summed E-state index contributed by atoms with van der Waals surface area (Å²) < 4.78 is 0. The largest absolute Gasteiger partial charge is 0.291 e. The van der Waals surface area contributed by atoms with Crippen molar-refractivity contribution in [1.29, 1.82) is 0 Å². The fourth-order valence-corrected chi connectivity index (χ4v) is 4.20. The number of fused-ring (bicyclic) bond motifs is 3. The Morgan fingerprint density at radius 2 is 1.07 bits per heavy atom. The molecule has 0 aliphatic heterocycles. The lowest BCUT2D eigenvalue weighted by Gasteiger charge is -2.30. The van der Waals surface area contributed by atoms with Crippen molar-refractivity contribution in [3.05, 3.63) is 58.7 Å². The minimum atomic E-state index is -0.498. The second kappa shape index (κ2) is 6.69. The van der Waals surface area contributed by atoms with Gasteiger partial charge in [0, 0.05) is 30.4 Å². The van der Waals surface area contributed by atoms with E-state index in [2.05, 4.69) is 13.8 Å². The molecule has 0 fully saturated rings. The molecule has 4 nitrogen and oxygen atoms in total. The van der Waals surface area contributed by atoms with Crippen molar-refractivity contribution in [2.75, 3.05) is 0 Å². The summed E-state index contributed by atoms with van der Waals surface area (Å²) in [5.74, 6) is -1.97. The lowest BCUT2D eigenvalue weighted by atomic mass is 9.73. The van der Waals surface area contributed by atoms with Gasteiger partial charge in [0.2, 0.25) is 11.6 Å². The van der Waals surface area contributed by atoms with Gasteiger partial charge in [-0.15, -0.1) is 0 Å². The predicted octanol–water partition coefficient (Wildman–Crippen LogP) is 4.32. The third-order valence-electron chi connectivity index (χ3n) is 5.73. The molecule has 0 spiro atoms. The highest BCUT2D eigenvalue weighted by molar-refractivity contribution is 6.43. The number of carbonyl (C=O) groups excluding carboxylic acids is 4. The third-order valence-corrected chi connectivity index (χ3v) is 5.73. The van der Waals surface area contributed by atoms with Gasteiger partial charge >= 0.3 is 0 Å². The van der Waals surface area contributed by atoms with E-state index in [4.69, 9.17) is 0 Å². The number of Topliss-reactive ketones (excluding diaryl/α,β-unsaturated/α-hetero) is 4. The molecule has 0 aromatic heterocycles. The third kappa shape index (κ3) is 2.76. The standard InChI is InChI=1S/C23H22O4/c1-5-23(6-2)19-11-15(21(26)13(3)24)7-9-17(19)18-10-8-16(12-20(18)23)22(27)14(4)25/h7-12H,5-6H2,1-4H3. The van der Waals surface area contributed by atoms with Crippen LogP contribution in [0.15, 0.2) is 36.4 Å². The molecule has 0 radical (unpaired) electrons. The van der Waals surface area contributed by atoms with E-state index in [1.807, 2.05) is 24.3 Å². The maximum atomic E-state index is 12.2. The highest BCUT2D eigenvalue weighted by Crippen LogP contribution is 2.53. The molecule has 0 saturated carbocycles. The van der Waals surface area contributed by atoms with Gasteiger partial charge in [-0.2, -0.15) is 0 Å². The molecule has 0 unspecified atom stereocenters. The van der Waals surface area contributed by atoms with Gasteiger partial charge in [0.1, 0.15) is 0 Å². The number of benzene rings is 2. The van der Waals surface area contributed by atoms with Crippen molar-refractivity contribution in [1.82, 2.24) is 0 Å². The molecule has 4 heteroatoms. The summed E-state index contributed by atoms with van der Waals surface area (Å²) in [6.07, 6.45) is 1.55. The normalized spacial score (nSPS) is 13.6. The Morgan fingerprint density at radius 1 is 0.704 bits per heavy atom. The smallest absolute Gasteiger partial charge is 0.228 e. The van der Waals surface area contributed by atoms with E-state index in [9.17, 15) is 19.2 Å². The highest BCUT2D eigenvalue weighted by Gasteiger charge is 2.41. The van der Waals surface area contributed by atoms with E-state index in [-0.39, 0.29) is 5.41 Å². The summed E-state index contributed by atoms with van der Waals surface area (Å²) in [5.41, 5.74) is 4.45. The first-order valence-electron chi connectivity index (χ1n) is 9.16. The molecular weight excluding hydrogens is 340 g/mol. The van der Waals surface area contributed by atoms with Crippen molar-refractivity contribution in [2.45, 2.75) is 46.0 Å². The average Bonchev–Trinajstić information content (AvgIpc) is 2.95. The molecule has 0 amide bonds. The Labute approximate surface area is 158 Å². The zero-order valence-corrected chi connectivity index (χ0v) is 16.0. The van der Waals surface area contributed by atoms with Gasteiger partial charge in [-0.3, -0.25) is 19.2 Å². The second-order valence-corrected chi connectivity index (χ2v) is 7.08. The molecule has 0 atom stereocenters. The van der Waals surface area contributed by atoms with Crippen LogP contribution in [0.25, 0.3) is 11.1 Å². The zero-order valence-electron chi connectivity index (χ0n) is 16.0. The molecule has 138 valence electrons. The van der Waals surface area contributed by atoms with Gasteiger partial charge in [0.15, 0.2) is 11.6 Å². The van der Waals surface area contributed by atoms with Crippen molar-refractivity contribution >= 4 is 23.1 Å². The van der Waals surface area contributed by atoms with Crippen molar-refractivity contribution in [2.24, 2.45) is 0 Å². The van der Waals surface area contributed by atoms with Gasteiger partial charge in [0.25, 0.3) is 0 Å². The van der Waals surface area contributed by atoms with Crippen LogP contribution in [-0.2, 0) is 15.0 Å². The van der Waals surface area contributed by atoms with Gasteiger partial charge in [-0.25, -0.2) is 0 Å². The lowest BCUT2D eigenvalue weighted by Crippen LogP contribution is -2.24.